The van der Waals surface area contributed by atoms with Crippen LogP contribution in [-0.4, -0.2) is 23.2 Å². The number of nitrogen functional groups attached to an aromatic ring is 1. The molecule has 0 atom stereocenters. The fourth-order valence-corrected chi connectivity index (χ4v) is 0.845. The molecule has 12 heavy (non-hydrogen) atoms. The average Bonchev–Trinajstić information content (AvgIpc) is 2.05. The molecule has 66 valence electrons. The van der Waals surface area contributed by atoms with Crippen molar-refractivity contribution in [1.29, 1.82) is 0 Å². The Balaban J connectivity index is 2.41. The van der Waals surface area contributed by atoms with Crippen LogP contribution in [0.15, 0.2) is 18.2 Å². The maximum atomic E-state index is 8.51. The molecule has 0 spiro atoms. The summed E-state index contributed by atoms with van der Waals surface area (Å²) in [6.07, 6.45) is 0.719. The summed E-state index contributed by atoms with van der Waals surface area (Å²) >= 11 is 0. The second-order valence-corrected chi connectivity index (χ2v) is 2.45. The van der Waals surface area contributed by atoms with Crippen LogP contribution in [0.5, 0.6) is 0 Å². The van der Waals surface area contributed by atoms with Crippen LogP contribution in [0.25, 0.3) is 0 Å². The molecule has 0 aliphatic heterocycles. The van der Waals surface area contributed by atoms with Crippen molar-refractivity contribution in [2.75, 3.05) is 24.2 Å². The van der Waals surface area contributed by atoms with Crippen molar-refractivity contribution in [3.05, 3.63) is 18.2 Å². The van der Waals surface area contributed by atoms with Crippen LogP contribution in [0.2, 0.25) is 0 Å². The fraction of sp³-hybridized carbons (Fsp3) is 0.375. The highest BCUT2D eigenvalue weighted by Gasteiger charge is 1.92. The quantitative estimate of drug-likeness (QED) is 0.570. The van der Waals surface area contributed by atoms with Crippen molar-refractivity contribution in [1.82, 2.24) is 4.98 Å². The van der Waals surface area contributed by atoms with Gasteiger partial charge in [-0.15, -0.1) is 0 Å². The van der Waals surface area contributed by atoms with E-state index in [4.69, 9.17) is 10.8 Å². The molecule has 1 rings (SSSR count). The molecule has 4 nitrogen and oxygen atoms in total. The summed E-state index contributed by atoms with van der Waals surface area (Å²) in [6, 6.07) is 5.41. The summed E-state index contributed by atoms with van der Waals surface area (Å²) in [5.74, 6) is 1.26. The first-order valence-electron chi connectivity index (χ1n) is 3.90. The second kappa shape index (κ2) is 4.56. The molecule has 0 radical (unpaired) electrons. The molecule has 0 amide bonds. The largest absolute Gasteiger partial charge is 0.396 e. The lowest BCUT2D eigenvalue weighted by molar-refractivity contribution is 0.292. The maximum Gasteiger partial charge on any atom is 0.128 e. The van der Waals surface area contributed by atoms with Gasteiger partial charge in [-0.2, -0.15) is 0 Å². The van der Waals surface area contributed by atoms with E-state index >= 15 is 0 Å². The third-order valence-electron chi connectivity index (χ3n) is 1.41. The molecule has 0 fully saturated rings. The van der Waals surface area contributed by atoms with Crippen LogP contribution >= 0.6 is 0 Å². The SMILES string of the molecule is Nc1cccc(NCCCO)n1. The first-order chi connectivity index (χ1) is 5.83. The highest BCUT2D eigenvalue weighted by molar-refractivity contribution is 5.41. The molecular formula is C8H13N3O. The molecule has 0 aliphatic rings. The smallest absolute Gasteiger partial charge is 0.128 e. The van der Waals surface area contributed by atoms with E-state index in [1.165, 1.54) is 0 Å². The number of nitrogens with one attached hydrogen (secondary N) is 1. The van der Waals surface area contributed by atoms with E-state index in [2.05, 4.69) is 10.3 Å². The van der Waals surface area contributed by atoms with Gasteiger partial charge in [0.05, 0.1) is 0 Å². The van der Waals surface area contributed by atoms with Crippen LogP contribution in [0.1, 0.15) is 6.42 Å². The van der Waals surface area contributed by atoms with Gasteiger partial charge < -0.3 is 16.2 Å². The van der Waals surface area contributed by atoms with Gasteiger partial charge in [-0.3, -0.25) is 0 Å². The number of aromatic nitrogens is 1. The first kappa shape index (κ1) is 8.80. The summed E-state index contributed by atoms with van der Waals surface area (Å²) in [6.45, 7) is 0.905. The number of anilines is 2. The lowest BCUT2D eigenvalue weighted by Crippen LogP contribution is -2.05. The molecule has 0 bridgehead atoms. The van der Waals surface area contributed by atoms with Gasteiger partial charge in [0.25, 0.3) is 0 Å². The Kier molecular flexibility index (Phi) is 3.35. The highest BCUT2D eigenvalue weighted by atomic mass is 16.3. The average molecular weight is 167 g/mol. The van der Waals surface area contributed by atoms with Crippen molar-refractivity contribution >= 4 is 11.6 Å². The third kappa shape index (κ3) is 2.75. The third-order valence-corrected chi connectivity index (χ3v) is 1.41. The minimum atomic E-state index is 0.190. The molecule has 4 N–H and O–H groups in total. The number of hydrogen-bond acceptors (Lipinski definition) is 4. The minimum Gasteiger partial charge on any atom is -0.396 e. The van der Waals surface area contributed by atoms with Gasteiger partial charge in [0.2, 0.25) is 0 Å². The fourth-order valence-electron chi connectivity index (χ4n) is 0.845. The van der Waals surface area contributed by atoms with Gasteiger partial charge in [0.15, 0.2) is 0 Å². The molecule has 1 heterocycles. The molecule has 1 aromatic rings. The number of aliphatic hydroxyl groups is 1. The monoisotopic (exact) mass is 167 g/mol. The van der Waals surface area contributed by atoms with Crippen LogP contribution in [0.4, 0.5) is 11.6 Å². The van der Waals surface area contributed by atoms with Gasteiger partial charge >= 0.3 is 0 Å². The summed E-state index contributed by atoms with van der Waals surface area (Å²) in [7, 11) is 0. The van der Waals surface area contributed by atoms with Crippen LogP contribution < -0.4 is 11.1 Å². The zero-order valence-electron chi connectivity index (χ0n) is 6.83. The maximum absolute atomic E-state index is 8.51. The van der Waals surface area contributed by atoms with Crippen molar-refractivity contribution < 1.29 is 5.11 Å². The highest BCUT2D eigenvalue weighted by Crippen LogP contribution is 2.04. The van der Waals surface area contributed by atoms with E-state index in [1.54, 1.807) is 6.07 Å². The van der Waals surface area contributed by atoms with E-state index in [1.807, 2.05) is 12.1 Å². The molecule has 0 saturated heterocycles. The number of hydrogen-bond donors (Lipinski definition) is 3. The Morgan fingerprint density at radius 1 is 1.50 bits per heavy atom. The van der Waals surface area contributed by atoms with E-state index in [-0.39, 0.29) is 6.61 Å². The van der Waals surface area contributed by atoms with Gasteiger partial charge in [-0.1, -0.05) is 6.07 Å². The second-order valence-electron chi connectivity index (χ2n) is 2.45. The topological polar surface area (TPSA) is 71.2 Å². The first-order valence-corrected chi connectivity index (χ1v) is 3.90. The summed E-state index contributed by atoms with van der Waals surface area (Å²) in [5.41, 5.74) is 5.46. The Morgan fingerprint density at radius 2 is 2.33 bits per heavy atom. The lowest BCUT2D eigenvalue weighted by atomic mass is 10.4. The number of pyridine rings is 1. The minimum absolute atomic E-state index is 0.190. The van der Waals surface area contributed by atoms with Gasteiger partial charge in [0.1, 0.15) is 11.6 Å². The summed E-state index contributed by atoms with van der Waals surface area (Å²) < 4.78 is 0. The molecule has 0 saturated carbocycles. The van der Waals surface area contributed by atoms with Crippen molar-refractivity contribution in [3.8, 4) is 0 Å². The van der Waals surface area contributed by atoms with E-state index in [9.17, 15) is 0 Å². The molecule has 0 unspecified atom stereocenters. The number of nitrogens with zero attached hydrogens (tertiary/aromatic N) is 1. The standard InChI is InChI=1S/C8H13N3O/c9-7-3-1-4-8(11-7)10-5-2-6-12/h1,3-4,12H,2,5-6H2,(H3,9,10,11). The normalized spacial score (nSPS) is 9.75. The molecule has 4 heteroatoms. The van der Waals surface area contributed by atoms with Crippen LogP contribution in [0, 0.1) is 0 Å². The Labute approximate surface area is 71.4 Å². The van der Waals surface area contributed by atoms with E-state index < -0.39 is 0 Å². The van der Waals surface area contributed by atoms with Crippen LogP contribution in [-0.2, 0) is 0 Å². The van der Waals surface area contributed by atoms with Crippen LogP contribution in [0.3, 0.4) is 0 Å². The zero-order valence-corrected chi connectivity index (χ0v) is 6.83. The molecule has 0 aliphatic carbocycles. The number of rotatable bonds is 4. The van der Waals surface area contributed by atoms with Crippen molar-refractivity contribution in [2.45, 2.75) is 6.42 Å². The Morgan fingerprint density at radius 3 is 3.00 bits per heavy atom. The lowest BCUT2D eigenvalue weighted by Gasteiger charge is -2.03. The van der Waals surface area contributed by atoms with Gasteiger partial charge in [-0.05, 0) is 18.6 Å². The number of nitrogens with two attached hydrogens (primary N) is 1. The van der Waals surface area contributed by atoms with Gasteiger partial charge in [-0.25, -0.2) is 4.98 Å². The molecule has 0 aromatic carbocycles. The molecule has 1 aromatic heterocycles. The molecular weight excluding hydrogens is 154 g/mol. The number of aliphatic hydroxyl groups excluding tert-OH is 1. The predicted octanol–water partition coefficient (Wildman–Crippen LogP) is 0.458. The van der Waals surface area contributed by atoms with E-state index in [0.717, 1.165) is 12.2 Å². The Hall–Kier alpha value is -1.29. The zero-order chi connectivity index (χ0) is 8.81. The Bertz CT molecular complexity index is 239. The van der Waals surface area contributed by atoms with Crippen molar-refractivity contribution in [3.63, 3.8) is 0 Å². The van der Waals surface area contributed by atoms with Crippen molar-refractivity contribution in [2.24, 2.45) is 0 Å². The summed E-state index contributed by atoms with van der Waals surface area (Å²) in [5, 5.41) is 11.5. The van der Waals surface area contributed by atoms with Gasteiger partial charge in [0, 0.05) is 13.2 Å². The predicted molar refractivity (Wildman–Crippen MR) is 48.8 cm³/mol. The summed E-state index contributed by atoms with van der Waals surface area (Å²) in [4.78, 5) is 4.03. The van der Waals surface area contributed by atoms with E-state index in [0.29, 0.717) is 12.4 Å².